The largest absolute Gasteiger partial charge is 0.478 e. The minimum atomic E-state index is -4.54. The predicted octanol–water partition coefficient (Wildman–Crippen LogP) is 1.93. The molecule has 0 radical (unpaired) electrons. The fourth-order valence-corrected chi connectivity index (χ4v) is 1.87. The summed E-state index contributed by atoms with van der Waals surface area (Å²) >= 11 is 0. The van der Waals surface area contributed by atoms with Crippen LogP contribution in [0.4, 0.5) is 12.9 Å². The Hall–Kier alpha value is -0.185. The first-order chi connectivity index (χ1) is 5.54. The highest BCUT2D eigenvalue weighted by Crippen LogP contribution is 2.36. The second kappa shape index (κ2) is 2.65. The first-order valence-corrected chi connectivity index (χ1v) is 4.49. The van der Waals surface area contributed by atoms with E-state index in [4.69, 9.17) is 0 Å². The second-order valence-corrected chi connectivity index (χ2v) is 4.00. The molecule has 2 fully saturated rings. The third-order valence-electron chi connectivity index (χ3n) is 2.65. The highest BCUT2D eigenvalue weighted by atomic mass is 19.4. The van der Waals surface area contributed by atoms with Crippen LogP contribution in [0.5, 0.6) is 0 Å². The van der Waals surface area contributed by atoms with Gasteiger partial charge >= 0.3 is 6.98 Å². The molecule has 1 nitrogen and oxygen atoms in total. The van der Waals surface area contributed by atoms with E-state index in [1.807, 2.05) is 0 Å². The molecule has 12 heavy (non-hydrogen) atoms. The smallest absolute Gasteiger partial charge is 0.449 e. The van der Waals surface area contributed by atoms with Crippen LogP contribution in [0.2, 0.25) is 6.32 Å². The van der Waals surface area contributed by atoms with Crippen LogP contribution < -0.4 is 0 Å². The number of nitrogens with zero attached hydrogens (tertiary/aromatic N) is 1. The van der Waals surface area contributed by atoms with Gasteiger partial charge in [0.1, 0.15) is 0 Å². The number of likely N-dealkylation sites (tertiary alicyclic amines) is 1. The molecule has 2 rings (SSSR count). The van der Waals surface area contributed by atoms with E-state index < -0.39 is 13.3 Å². The van der Waals surface area contributed by atoms with Gasteiger partial charge in [0.15, 0.2) is 0 Å². The highest BCUT2D eigenvalue weighted by Gasteiger charge is 2.40. The fourth-order valence-electron chi connectivity index (χ4n) is 1.87. The van der Waals surface area contributed by atoms with E-state index in [1.54, 1.807) is 0 Å². The van der Waals surface area contributed by atoms with Gasteiger partial charge in [0.25, 0.3) is 0 Å². The molecule has 0 aromatic rings. The number of hydrogen-bond donors (Lipinski definition) is 0. The van der Waals surface area contributed by atoms with Gasteiger partial charge in [0.2, 0.25) is 0 Å². The monoisotopic (exact) mass is 178 g/mol. The van der Waals surface area contributed by atoms with Crippen molar-refractivity contribution in [3.63, 3.8) is 0 Å². The molecule has 0 atom stereocenters. The molecule has 0 amide bonds. The molecule has 1 saturated carbocycles. The van der Waals surface area contributed by atoms with Gasteiger partial charge in [-0.1, -0.05) is 6.32 Å². The average molecular weight is 178 g/mol. The standard InChI is InChI=1S/C7H12BF3N/c9-8(10,11)3-6-4-12(5-6)7-1-2-7/h6-7H,1-5H2/q-1. The van der Waals surface area contributed by atoms with Crippen LogP contribution in [0, 0.1) is 5.92 Å². The molecular formula is C7H12BF3N-. The number of hydrogen-bond acceptors (Lipinski definition) is 1. The summed E-state index contributed by atoms with van der Waals surface area (Å²) in [6.07, 6.45) is 1.87. The van der Waals surface area contributed by atoms with Crippen molar-refractivity contribution in [3.05, 3.63) is 0 Å². The molecule has 0 spiro atoms. The predicted molar refractivity (Wildman–Crippen MR) is 42.0 cm³/mol. The van der Waals surface area contributed by atoms with Gasteiger partial charge in [-0.05, 0) is 31.8 Å². The zero-order valence-electron chi connectivity index (χ0n) is 6.85. The number of rotatable bonds is 3. The Morgan fingerprint density at radius 3 is 2.17 bits per heavy atom. The summed E-state index contributed by atoms with van der Waals surface area (Å²) < 4.78 is 35.7. The summed E-state index contributed by atoms with van der Waals surface area (Å²) in [4.78, 5) is 2.17. The fraction of sp³-hybridized carbons (Fsp3) is 1.00. The Balaban J connectivity index is 1.67. The van der Waals surface area contributed by atoms with Crippen molar-refractivity contribution in [2.75, 3.05) is 13.1 Å². The lowest BCUT2D eigenvalue weighted by atomic mass is 9.75. The molecular weight excluding hydrogens is 166 g/mol. The van der Waals surface area contributed by atoms with Crippen LogP contribution >= 0.6 is 0 Å². The maximum absolute atomic E-state index is 11.9. The van der Waals surface area contributed by atoms with E-state index >= 15 is 0 Å². The molecule has 0 aromatic carbocycles. The molecule has 1 heterocycles. The van der Waals surface area contributed by atoms with Crippen molar-refractivity contribution in [3.8, 4) is 0 Å². The van der Waals surface area contributed by atoms with Crippen molar-refractivity contribution < 1.29 is 12.9 Å². The van der Waals surface area contributed by atoms with Crippen molar-refractivity contribution in [1.82, 2.24) is 4.90 Å². The number of halogens is 3. The van der Waals surface area contributed by atoms with Gasteiger partial charge in [-0.2, -0.15) is 0 Å². The van der Waals surface area contributed by atoms with E-state index in [0.29, 0.717) is 19.1 Å². The minimum Gasteiger partial charge on any atom is -0.449 e. The van der Waals surface area contributed by atoms with Crippen LogP contribution in [0.25, 0.3) is 0 Å². The summed E-state index contributed by atoms with van der Waals surface area (Å²) in [6, 6.07) is 0.641. The van der Waals surface area contributed by atoms with E-state index in [1.165, 1.54) is 12.8 Å². The molecule has 1 aliphatic heterocycles. The first kappa shape index (κ1) is 8.41. The van der Waals surface area contributed by atoms with Crippen LogP contribution in [0.15, 0.2) is 0 Å². The summed E-state index contributed by atoms with van der Waals surface area (Å²) in [5.41, 5.74) is 0. The summed E-state index contributed by atoms with van der Waals surface area (Å²) in [5, 5.41) is 0. The second-order valence-electron chi connectivity index (χ2n) is 4.00. The zero-order valence-corrected chi connectivity index (χ0v) is 6.85. The van der Waals surface area contributed by atoms with Gasteiger partial charge < -0.3 is 12.9 Å². The average Bonchev–Trinajstić information content (AvgIpc) is 2.56. The third-order valence-corrected chi connectivity index (χ3v) is 2.65. The molecule has 1 saturated heterocycles. The molecule has 1 aliphatic carbocycles. The Bertz CT molecular complexity index is 172. The zero-order chi connectivity index (χ0) is 8.77. The summed E-state index contributed by atoms with van der Waals surface area (Å²) in [5.74, 6) is -0.0920. The van der Waals surface area contributed by atoms with Crippen LogP contribution in [-0.4, -0.2) is 31.0 Å². The van der Waals surface area contributed by atoms with Gasteiger partial charge in [0.05, 0.1) is 0 Å². The normalized spacial score (nSPS) is 27.2. The molecule has 5 heteroatoms. The van der Waals surface area contributed by atoms with Gasteiger partial charge in [-0.25, -0.2) is 0 Å². The Morgan fingerprint density at radius 2 is 1.75 bits per heavy atom. The highest BCUT2D eigenvalue weighted by molar-refractivity contribution is 6.58. The SMILES string of the molecule is F[B-](F)(F)CC1CN(C2CC2)C1. The summed E-state index contributed by atoms with van der Waals surface area (Å²) in [7, 11) is 0. The Morgan fingerprint density at radius 1 is 1.17 bits per heavy atom. The third kappa shape index (κ3) is 1.94. The van der Waals surface area contributed by atoms with Gasteiger partial charge in [0, 0.05) is 6.04 Å². The molecule has 0 N–H and O–H groups in total. The minimum absolute atomic E-state index is 0.0920. The lowest BCUT2D eigenvalue weighted by Gasteiger charge is -2.41. The molecule has 2 aliphatic rings. The maximum Gasteiger partial charge on any atom is 0.478 e. The molecule has 0 bridgehead atoms. The van der Waals surface area contributed by atoms with Crippen molar-refractivity contribution in [2.24, 2.45) is 5.92 Å². The quantitative estimate of drug-likeness (QED) is 0.596. The van der Waals surface area contributed by atoms with Crippen LogP contribution in [-0.2, 0) is 0 Å². The van der Waals surface area contributed by atoms with Crippen LogP contribution in [0.1, 0.15) is 12.8 Å². The maximum atomic E-state index is 11.9. The molecule has 0 unspecified atom stereocenters. The topological polar surface area (TPSA) is 3.24 Å². The lowest BCUT2D eigenvalue weighted by molar-refractivity contribution is 0.0983. The van der Waals surface area contributed by atoms with Gasteiger partial charge in [-0.3, -0.25) is 4.90 Å². The van der Waals surface area contributed by atoms with Crippen molar-refractivity contribution in [1.29, 1.82) is 0 Å². The van der Waals surface area contributed by atoms with E-state index in [-0.39, 0.29) is 5.92 Å². The van der Waals surface area contributed by atoms with E-state index in [9.17, 15) is 12.9 Å². The van der Waals surface area contributed by atoms with Gasteiger partial charge in [-0.15, -0.1) is 0 Å². The first-order valence-electron chi connectivity index (χ1n) is 4.49. The van der Waals surface area contributed by atoms with Crippen molar-refractivity contribution in [2.45, 2.75) is 25.2 Å². The van der Waals surface area contributed by atoms with E-state index in [2.05, 4.69) is 4.90 Å². The van der Waals surface area contributed by atoms with Crippen molar-refractivity contribution >= 4 is 6.98 Å². The Kier molecular flexibility index (Phi) is 1.86. The molecule has 70 valence electrons. The lowest BCUT2D eigenvalue weighted by Crippen LogP contribution is -2.49. The molecule has 0 aromatic heterocycles. The van der Waals surface area contributed by atoms with E-state index in [0.717, 1.165) is 0 Å². The van der Waals surface area contributed by atoms with Crippen LogP contribution in [0.3, 0.4) is 0 Å². The Labute approximate surface area is 70.0 Å². The summed E-state index contributed by atoms with van der Waals surface area (Å²) in [6.45, 7) is -3.17.